The molecule has 104 valence electrons. The SMILES string of the molecule is CC(C)(CCc1ccccc1)NCC(=O)NC1CC1. The summed E-state index contributed by atoms with van der Waals surface area (Å²) in [5.74, 6) is 0.121. The number of amides is 1. The molecule has 1 amide bonds. The number of carbonyl (C=O) groups is 1. The summed E-state index contributed by atoms with van der Waals surface area (Å²) in [5.41, 5.74) is 1.33. The van der Waals surface area contributed by atoms with Crippen molar-refractivity contribution < 1.29 is 4.79 Å². The van der Waals surface area contributed by atoms with Gasteiger partial charge in [-0.3, -0.25) is 4.79 Å². The van der Waals surface area contributed by atoms with Crippen molar-refractivity contribution in [1.29, 1.82) is 0 Å². The number of rotatable bonds is 7. The van der Waals surface area contributed by atoms with E-state index in [1.54, 1.807) is 0 Å². The monoisotopic (exact) mass is 260 g/mol. The van der Waals surface area contributed by atoms with Crippen molar-refractivity contribution in [3.05, 3.63) is 35.9 Å². The Hall–Kier alpha value is -1.35. The fourth-order valence-electron chi connectivity index (χ4n) is 2.02. The number of hydrogen-bond donors (Lipinski definition) is 2. The van der Waals surface area contributed by atoms with Crippen LogP contribution in [-0.2, 0) is 11.2 Å². The minimum Gasteiger partial charge on any atom is -0.352 e. The Morgan fingerprint density at radius 2 is 1.95 bits per heavy atom. The topological polar surface area (TPSA) is 41.1 Å². The molecule has 3 nitrogen and oxygen atoms in total. The highest BCUT2D eigenvalue weighted by Crippen LogP contribution is 2.18. The zero-order valence-electron chi connectivity index (χ0n) is 11.9. The van der Waals surface area contributed by atoms with Gasteiger partial charge < -0.3 is 10.6 Å². The van der Waals surface area contributed by atoms with E-state index in [1.807, 2.05) is 6.07 Å². The van der Waals surface area contributed by atoms with E-state index in [-0.39, 0.29) is 11.4 Å². The molecule has 0 radical (unpaired) electrons. The summed E-state index contributed by atoms with van der Waals surface area (Å²) >= 11 is 0. The summed E-state index contributed by atoms with van der Waals surface area (Å²) < 4.78 is 0. The molecule has 1 aliphatic rings. The Kier molecular flexibility index (Phi) is 4.59. The number of aryl methyl sites for hydroxylation is 1. The molecule has 0 saturated heterocycles. The molecule has 2 rings (SSSR count). The lowest BCUT2D eigenvalue weighted by atomic mass is 9.95. The van der Waals surface area contributed by atoms with Gasteiger partial charge in [-0.1, -0.05) is 30.3 Å². The minimum atomic E-state index is -0.0171. The van der Waals surface area contributed by atoms with Gasteiger partial charge >= 0.3 is 0 Å². The summed E-state index contributed by atoms with van der Waals surface area (Å²) in [6, 6.07) is 10.9. The molecule has 1 fully saturated rings. The standard InChI is InChI=1S/C16H24N2O/c1-16(2,11-10-13-6-4-3-5-7-13)17-12-15(19)18-14-8-9-14/h3-7,14,17H,8-12H2,1-2H3,(H,18,19). The van der Waals surface area contributed by atoms with Gasteiger partial charge in [-0.15, -0.1) is 0 Å². The molecule has 1 saturated carbocycles. The molecule has 2 N–H and O–H groups in total. The van der Waals surface area contributed by atoms with E-state index in [9.17, 15) is 4.79 Å². The van der Waals surface area contributed by atoms with Crippen molar-refractivity contribution in [3.63, 3.8) is 0 Å². The van der Waals surface area contributed by atoms with E-state index in [0.717, 1.165) is 25.7 Å². The highest BCUT2D eigenvalue weighted by atomic mass is 16.2. The largest absolute Gasteiger partial charge is 0.352 e. The molecular weight excluding hydrogens is 236 g/mol. The van der Waals surface area contributed by atoms with E-state index in [4.69, 9.17) is 0 Å². The number of carbonyl (C=O) groups excluding carboxylic acids is 1. The van der Waals surface area contributed by atoms with Crippen LogP contribution in [0.2, 0.25) is 0 Å². The number of benzene rings is 1. The van der Waals surface area contributed by atoms with Crippen molar-refractivity contribution in [3.8, 4) is 0 Å². The maximum atomic E-state index is 11.6. The van der Waals surface area contributed by atoms with Crippen LogP contribution in [0.4, 0.5) is 0 Å². The third-order valence-electron chi connectivity index (χ3n) is 3.55. The molecule has 1 aliphatic carbocycles. The molecule has 3 heteroatoms. The van der Waals surface area contributed by atoms with E-state index in [0.29, 0.717) is 12.6 Å². The summed E-state index contributed by atoms with van der Waals surface area (Å²) in [4.78, 5) is 11.6. The van der Waals surface area contributed by atoms with Crippen molar-refractivity contribution in [2.24, 2.45) is 0 Å². The Labute approximate surface area is 115 Å². The van der Waals surface area contributed by atoms with Crippen LogP contribution in [-0.4, -0.2) is 24.0 Å². The predicted molar refractivity (Wildman–Crippen MR) is 78.0 cm³/mol. The van der Waals surface area contributed by atoms with Gasteiger partial charge in [0, 0.05) is 11.6 Å². The second kappa shape index (κ2) is 6.20. The first-order valence-electron chi connectivity index (χ1n) is 7.13. The molecule has 0 atom stereocenters. The predicted octanol–water partition coefficient (Wildman–Crippen LogP) is 2.27. The second-order valence-corrected chi connectivity index (χ2v) is 6.06. The zero-order valence-corrected chi connectivity index (χ0v) is 11.9. The summed E-state index contributed by atoms with van der Waals surface area (Å²) in [6.45, 7) is 4.72. The Morgan fingerprint density at radius 1 is 1.26 bits per heavy atom. The smallest absolute Gasteiger partial charge is 0.234 e. The Bertz CT molecular complexity index is 410. The van der Waals surface area contributed by atoms with Gasteiger partial charge in [-0.25, -0.2) is 0 Å². The van der Waals surface area contributed by atoms with Crippen molar-refractivity contribution in [2.45, 2.75) is 51.1 Å². The van der Waals surface area contributed by atoms with Gasteiger partial charge in [-0.2, -0.15) is 0 Å². The quantitative estimate of drug-likeness (QED) is 0.789. The van der Waals surface area contributed by atoms with E-state index in [2.05, 4.69) is 48.7 Å². The number of hydrogen-bond acceptors (Lipinski definition) is 2. The van der Waals surface area contributed by atoms with Gasteiger partial charge in [0.2, 0.25) is 5.91 Å². The normalized spacial score (nSPS) is 15.3. The molecule has 1 aromatic carbocycles. The van der Waals surface area contributed by atoms with E-state index >= 15 is 0 Å². The molecule has 0 heterocycles. The fraction of sp³-hybridized carbons (Fsp3) is 0.562. The lowest BCUT2D eigenvalue weighted by Crippen LogP contribution is -2.45. The van der Waals surface area contributed by atoms with Crippen LogP contribution >= 0.6 is 0 Å². The van der Waals surface area contributed by atoms with Crippen molar-refractivity contribution in [1.82, 2.24) is 10.6 Å². The maximum Gasteiger partial charge on any atom is 0.234 e. The van der Waals surface area contributed by atoms with Crippen LogP contribution < -0.4 is 10.6 Å². The molecule has 0 spiro atoms. The average molecular weight is 260 g/mol. The third kappa shape index (κ3) is 5.43. The van der Waals surface area contributed by atoms with Gasteiger partial charge in [0.25, 0.3) is 0 Å². The molecule has 0 bridgehead atoms. The lowest BCUT2D eigenvalue weighted by Gasteiger charge is -2.26. The first-order valence-corrected chi connectivity index (χ1v) is 7.13. The van der Waals surface area contributed by atoms with Crippen molar-refractivity contribution >= 4 is 5.91 Å². The summed E-state index contributed by atoms with van der Waals surface area (Å²) in [7, 11) is 0. The summed E-state index contributed by atoms with van der Waals surface area (Å²) in [5, 5.41) is 6.35. The molecule has 0 aliphatic heterocycles. The fourth-order valence-corrected chi connectivity index (χ4v) is 2.02. The highest BCUT2D eigenvalue weighted by molar-refractivity contribution is 5.78. The molecule has 1 aromatic rings. The first-order chi connectivity index (χ1) is 9.05. The maximum absolute atomic E-state index is 11.6. The van der Waals surface area contributed by atoms with Gasteiger partial charge in [0.15, 0.2) is 0 Å². The van der Waals surface area contributed by atoms with Gasteiger partial charge in [0.05, 0.1) is 6.54 Å². The minimum absolute atomic E-state index is 0.0171. The Balaban J connectivity index is 1.70. The molecule has 0 aromatic heterocycles. The van der Waals surface area contributed by atoms with Gasteiger partial charge in [0.1, 0.15) is 0 Å². The van der Waals surface area contributed by atoms with E-state index < -0.39 is 0 Å². The van der Waals surface area contributed by atoms with Crippen LogP contribution in [0.15, 0.2) is 30.3 Å². The Morgan fingerprint density at radius 3 is 2.58 bits per heavy atom. The number of nitrogens with one attached hydrogen (secondary N) is 2. The molecular formula is C16H24N2O. The third-order valence-corrected chi connectivity index (χ3v) is 3.55. The van der Waals surface area contributed by atoms with Gasteiger partial charge in [-0.05, 0) is 45.1 Å². The van der Waals surface area contributed by atoms with Crippen LogP contribution in [0.3, 0.4) is 0 Å². The van der Waals surface area contributed by atoms with Crippen LogP contribution in [0.5, 0.6) is 0 Å². The molecule has 19 heavy (non-hydrogen) atoms. The second-order valence-electron chi connectivity index (χ2n) is 6.06. The van der Waals surface area contributed by atoms with E-state index in [1.165, 1.54) is 5.56 Å². The average Bonchev–Trinajstić information content (AvgIpc) is 3.20. The summed E-state index contributed by atoms with van der Waals surface area (Å²) in [6.07, 6.45) is 4.34. The zero-order chi connectivity index (χ0) is 13.7. The highest BCUT2D eigenvalue weighted by Gasteiger charge is 2.24. The lowest BCUT2D eigenvalue weighted by molar-refractivity contribution is -0.120. The van der Waals surface area contributed by atoms with Crippen LogP contribution in [0.1, 0.15) is 38.7 Å². The van der Waals surface area contributed by atoms with Crippen molar-refractivity contribution in [2.75, 3.05) is 6.54 Å². The van der Waals surface area contributed by atoms with Crippen LogP contribution in [0, 0.1) is 0 Å². The first kappa shape index (κ1) is 14.1. The van der Waals surface area contributed by atoms with Crippen LogP contribution in [0.25, 0.3) is 0 Å². The molecule has 0 unspecified atom stereocenters.